The van der Waals surface area contributed by atoms with Crippen LogP contribution in [0.1, 0.15) is 5.56 Å². The van der Waals surface area contributed by atoms with E-state index in [9.17, 15) is 13.2 Å². The number of aromatic nitrogens is 3. The normalized spacial score (nSPS) is 11.7. The summed E-state index contributed by atoms with van der Waals surface area (Å²) < 4.78 is 30.6. The molecule has 0 aliphatic rings. The lowest BCUT2D eigenvalue weighted by Gasteiger charge is -2.10. The second kappa shape index (κ2) is 7.55. The lowest BCUT2D eigenvalue weighted by atomic mass is 10.2. The molecule has 0 aliphatic carbocycles. The van der Waals surface area contributed by atoms with Crippen LogP contribution >= 0.6 is 23.2 Å². The number of pyridine rings is 1. The van der Waals surface area contributed by atoms with E-state index in [1.807, 2.05) is 0 Å². The summed E-state index contributed by atoms with van der Waals surface area (Å²) in [4.78, 5) is 12.4. The van der Waals surface area contributed by atoms with Crippen molar-refractivity contribution in [1.82, 2.24) is 14.2 Å². The fourth-order valence-corrected chi connectivity index (χ4v) is 4.65. The molecule has 4 aromatic rings. The molecule has 29 heavy (non-hydrogen) atoms. The summed E-state index contributed by atoms with van der Waals surface area (Å²) in [5, 5.41) is 4.72. The molecule has 0 fully saturated rings. The van der Waals surface area contributed by atoms with Gasteiger partial charge in [-0.3, -0.25) is 9.12 Å². The predicted molar refractivity (Wildman–Crippen MR) is 112 cm³/mol. The minimum absolute atomic E-state index is 0.0445. The average Bonchev–Trinajstić information content (AvgIpc) is 2.97. The van der Waals surface area contributed by atoms with Gasteiger partial charge in [-0.1, -0.05) is 41.4 Å². The van der Waals surface area contributed by atoms with E-state index in [0.29, 0.717) is 16.9 Å². The summed E-state index contributed by atoms with van der Waals surface area (Å²) in [6.45, 7) is 0.194. The quantitative estimate of drug-likeness (QED) is 0.504. The fourth-order valence-electron chi connectivity index (χ4n) is 2.87. The third kappa shape index (κ3) is 4.14. The van der Waals surface area contributed by atoms with Gasteiger partial charge >= 0.3 is 5.69 Å². The monoisotopic (exact) mass is 448 g/mol. The van der Waals surface area contributed by atoms with Crippen LogP contribution < -0.4 is 10.4 Å². The van der Waals surface area contributed by atoms with Gasteiger partial charge in [-0.05, 0) is 48.0 Å². The van der Waals surface area contributed by atoms with Gasteiger partial charge in [-0.15, -0.1) is 5.10 Å². The minimum atomic E-state index is -3.88. The van der Waals surface area contributed by atoms with Crippen molar-refractivity contribution in [2.24, 2.45) is 0 Å². The number of hydrogen-bond donors (Lipinski definition) is 1. The van der Waals surface area contributed by atoms with Crippen molar-refractivity contribution in [3.05, 3.63) is 93.0 Å². The summed E-state index contributed by atoms with van der Waals surface area (Å²) >= 11 is 11.8. The molecule has 0 amide bonds. The van der Waals surface area contributed by atoms with Crippen molar-refractivity contribution in [3.8, 4) is 0 Å². The Morgan fingerprint density at radius 3 is 2.45 bits per heavy atom. The van der Waals surface area contributed by atoms with Gasteiger partial charge in [0.15, 0.2) is 5.65 Å². The van der Waals surface area contributed by atoms with Gasteiger partial charge < -0.3 is 0 Å². The zero-order valence-electron chi connectivity index (χ0n) is 14.8. The molecule has 0 atom stereocenters. The van der Waals surface area contributed by atoms with E-state index in [1.165, 1.54) is 27.3 Å². The number of sulfonamides is 1. The highest BCUT2D eigenvalue weighted by Crippen LogP contribution is 2.24. The Labute approximate surface area is 176 Å². The third-order valence-electron chi connectivity index (χ3n) is 4.15. The summed E-state index contributed by atoms with van der Waals surface area (Å²) in [6.07, 6.45) is 1.64. The van der Waals surface area contributed by atoms with E-state index < -0.39 is 10.0 Å². The average molecular weight is 449 g/mol. The number of nitrogens with zero attached hydrogens (tertiary/aromatic N) is 3. The van der Waals surface area contributed by atoms with Crippen LogP contribution in [0.25, 0.3) is 5.65 Å². The third-order valence-corrected chi connectivity index (χ3v) is 5.94. The molecule has 2 aromatic carbocycles. The highest BCUT2D eigenvalue weighted by atomic mass is 35.5. The number of rotatable bonds is 5. The summed E-state index contributed by atoms with van der Waals surface area (Å²) in [5.74, 6) is 0. The largest absolute Gasteiger partial charge is 0.350 e. The maximum atomic E-state index is 12.6. The molecule has 2 aromatic heterocycles. The van der Waals surface area contributed by atoms with Crippen LogP contribution in [-0.2, 0) is 16.6 Å². The zero-order chi connectivity index (χ0) is 20.6. The van der Waals surface area contributed by atoms with Crippen LogP contribution in [0.3, 0.4) is 0 Å². The Morgan fingerprint density at radius 2 is 1.72 bits per heavy atom. The maximum Gasteiger partial charge on any atom is 0.350 e. The van der Waals surface area contributed by atoms with Crippen LogP contribution in [0, 0.1) is 0 Å². The second-order valence-electron chi connectivity index (χ2n) is 6.28. The van der Waals surface area contributed by atoms with Crippen LogP contribution in [-0.4, -0.2) is 22.6 Å². The standard InChI is InChI=1S/C19H14Cl2N4O3S/c20-14-9-15(21)11-17(10-14)29(27,28)23-16-5-3-4-13(8-16)12-25-19(26)24-7-2-1-6-18(24)22-25/h1-11,23H,12H2. The number of benzene rings is 2. The van der Waals surface area contributed by atoms with Crippen LogP contribution in [0.15, 0.2) is 76.6 Å². The number of halogens is 2. The van der Waals surface area contributed by atoms with Crippen molar-refractivity contribution in [2.45, 2.75) is 11.4 Å². The molecular weight excluding hydrogens is 435 g/mol. The molecular formula is C19H14Cl2N4O3S. The second-order valence-corrected chi connectivity index (χ2v) is 8.84. The SMILES string of the molecule is O=c1n(Cc2cccc(NS(=O)(=O)c3cc(Cl)cc(Cl)c3)c2)nc2ccccn12. The zero-order valence-corrected chi connectivity index (χ0v) is 17.1. The molecule has 148 valence electrons. The van der Waals surface area contributed by atoms with Gasteiger partial charge in [-0.2, -0.15) is 0 Å². The molecule has 0 aliphatic heterocycles. The number of anilines is 1. The topological polar surface area (TPSA) is 85.5 Å². The van der Waals surface area contributed by atoms with Crippen LogP contribution in [0.4, 0.5) is 5.69 Å². The van der Waals surface area contributed by atoms with Gasteiger partial charge in [0.05, 0.1) is 11.4 Å². The molecule has 0 saturated carbocycles. The molecule has 0 unspecified atom stereocenters. The van der Waals surface area contributed by atoms with E-state index in [4.69, 9.17) is 23.2 Å². The molecule has 2 heterocycles. The molecule has 1 N–H and O–H groups in total. The Bertz CT molecular complexity index is 1360. The summed E-state index contributed by atoms with van der Waals surface area (Å²) in [5.41, 5.74) is 1.31. The van der Waals surface area contributed by atoms with E-state index in [1.54, 1.807) is 48.7 Å². The van der Waals surface area contributed by atoms with Gasteiger partial charge in [0.25, 0.3) is 10.0 Å². The van der Waals surface area contributed by atoms with Gasteiger partial charge in [0.2, 0.25) is 0 Å². The van der Waals surface area contributed by atoms with Gasteiger partial charge in [0.1, 0.15) is 0 Å². The van der Waals surface area contributed by atoms with Crippen molar-refractivity contribution in [2.75, 3.05) is 4.72 Å². The van der Waals surface area contributed by atoms with Crippen molar-refractivity contribution >= 4 is 44.6 Å². The first-order chi connectivity index (χ1) is 13.8. The van der Waals surface area contributed by atoms with Crippen molar-refractivity contribution < 1.29 is 8.42 Å². The summed E-state index contributed by atoms with van der Waals surface area (Å²) in [6, 6.07) is 16.1. The maximum absolute atomic E-state index is 12.6. The Morgan fingerprint density at radius 1 is 0.966 bits per heavy atom. The molecule has 10 heteroatoms. The minimum Gasteiger partial charge on any atom is -0.280 e. The fraction of sp³-hybridized carbons (Fsp3) is 0.0526. The van der Waals surface area contributed by atoms with Crippen molar-refractivity contribution in [1.29, 1.82) is 0 Å². The Kier molecular flexibility index (Phi) is 5.08. The molecule has 0 bridgehead atoms. The van der Waals surface area contributed by atoms with E-state index in [-0.39, 0.29) is 27.2 Å². The van der Waals surface area contributed by atoms with Gasteiger partial charge in [0, 0.05) is 21.9 Å². The van der Waals surface area contributed by atoms with Crippen molar-refractivity contribution in [3.63, 3.8) is 0 Å². The Balaban J connectivity index is 1.61. The molecule has 7 nitrogen and oxygen atoms in total. The smallest absolute Gasteiger partial charge is 0.280 e. The lowest BCUT2D eigenvalue weighted by molar-refractivity contribution is 0.601. The molecule has 4 rings (SSSR count). The van der Waals surface area contributed by atoms with E-state index >= 15 is 0 Å². The number of fused-ring (bicyclic) bond motifs is 1. The molecule has 0 radical (unpaired) electrons. The Hall–Kier alpha value is -2.81. The number of hydrogen-bond acceptors (Lipinski definition) is 4. The first-order valence-corrected chi connectivity index (χ1v) is 10.7. The van der Waals surface area contributed by atoms with Crippen LogP contribution in [0.2, 0.25) is 10.0 Å². The predicted octanol–water partition coefficient (Wildman–Crippen LogP) is 3.65. The van der Waals surface area contributed by atoms with E-state index in [0.717, 1.165) is 0 Å². The lowest BCUT2D eigenvalue weighted by Crippen LogP contribution is -2.21. The highest BCUT2D eigenvalue weighted by molar-refractivity contribution is 7.92. The van der Waals surface area contributed by atoms with Gasteiger partial charge in [-0.25, -0.2) is 17.9 Å². The molecule has 0 saturated heterocycles. The van der Waals surface area contributed by atoms with E-state index in [2.05, 4.69) is 9.82 Å². The molecule has 0 spiro atoms. The first-order valence-electron chi connectivity index (χ1n) is 8.44. The number of nitrogens with one attached hydrogen (secondary N) is 1. The van der Waals surface area contributed by atoms with Crippen LogP contribution in [0.5, 0.6) is 0 Å². The highest BCUT2D eigenvalue weighted by Gasteiger charge is 2.16. The summed E-state index contributed by atoms with van der Waals surface area (Å²) in [7, 11) is -3.88. The first kappa shape index (κ1) is 19.5.